The Kier molecular flexibility index (Phi) is 5.87. The number of nitrogens with zero attached hydrogens (tertiary/aromatic N) is 1. The molecule has 0 fully saturated rings. The molecule has 2 aromatic carbocycles. The first-order valence-corrected chi connectivity index (χ1v) is 8.06. The van der Waals surface area contributed by atoms with Crippen molar-refractivity contribution in [3.05, 3.63) is 67.7 Å². The molecule has 130 valence electrons. The number of anilines is 1. The first-order chi connectivity index (χ1) is 11.8. The van der Waals surface area contributed by atoms with Crippen molar-refractivity contribution in [1.29, 1.82) is 0 Å². The van der Waals surface area contributed by atoms with Crippen LogP contribution < -0.4 is 5.32 Å². The number of halogens is 1. The molecule has 0 heterocycles. The third-order valence-electron chi connectivity index (χ3n) is 3.46. The molecule has 0 unspecified atom stereocenters. The van der Waals surface area contributed by atoms with Gasteiger partial charge in [-0.05, 0) is 53.0 Å². The van der Waals surface area contributed by atoms with Crippen LogP contribution in [0.3, 0.4) is 0 Å². The highest BCUT2D eigenvalue weighted by molar-refractivity contribution is 9.10. The van der Waals surface area contributed by atoms with Crippen molar-refractivity contribution in [2.24, 2.45) is 0 Å². The van der Waals surface area contributed by atoms with Gasteiger partial charge in [0.25, 0.3) is 11.6 Å². The number of hydrogen-bond acceptors (Lipinski definition) is 5. The van der Waals surface area contributed by atoms with Gasteiger partial charge in [0.1, 0.15) is 0 Å². The predicted molar refractivity (Wildman–Crippen MR) is 95.6 cm³/mol. The third-order valence-corrected chi connectivity index (χ3v) is 4.13. The lowest BCUT2D eigenvalue weighted by molar-refractivity contribution is -0.385. The Labute approximate surface area is 152 Å². The Balaban J connectivity index is 2.01. The molecule has 0 aliphatic heterocycles. The largest absolute Gasteiger partial charge is 0.452 e. The molecule has 0 atom stereocenters. The number of para-hydroxylation sites is 1. The molecule has 0 saturated heterocycles. The Morgan fingerprint density at radius 3 is 2.44 bits per heavy atom. The normalized spacial score (nSPS) is 10.2. The fraction of sp³-hybridized carbons (Fsp3) is 0.176. The maximum atomic E-state index is 12.0. The van der Waals surface area contributed by atoms with E-state index in [1.54, 1.807) is 0 Å². The van der Waals surface area contributed by atoms with Gasteiger partial charge < -0.3 is 10.1 Å². The molecule has 0 aliphatic carbocycles. The predicted octanol–water partition coefficient (Wildman–Crippen LogP) is 3.77. The Hall–Kier alpha value is -2.74. The Bertz CT molecular complexity index is 831. The van der Waals surface area contributed by atoms with Gasteiger partial charge >= 0.3 is 5.97 Å². The van der Waals surface area contributed by atoms with Crippen molar-refractivity contribution in [1.82, 2.24) is 0 Å². The summed E-state index contributed by atoms with van der Waals surface area (Å²) in [6.07, 6.45) is 0. The number of esters is 1. The summed E-state index contributed by atoms with van der Waals surface area (Å²) < 4.78 is 5.18. The first kappa shape index (κ1) is 18.6. The summed E-state index contributed by atoms with van der Waals surface area (Å²) in [6, 6.07) is 9.44. The quantitative estimate of drug-likeness (QED) is 0.462. The molecule has 0 aromatic heterocycles. The van der Waals surface area contributed by atoms with E-state index in [2.05, 4.69) is 21.2 Å². The summed E-state index contributed by atoms with van der Waals surface area (Å²) >= 11 is 3.04. The molecular formula is C17H15BrN2O5. The average molecular weight is 407 g/mol. The van der Waals surface area contributed by atoms with Gasteiger partial charge in [0.15, 0.2) is 6.61 Å². The van der Waals surface area contributed by atoms with Crippen LogP contribution in [0.4, 0.5) is 11.4 Å². The SMILES string of the molecule is Cc1cccc(C)c1NC(=O)COC(=O)c1ccc(Br)c([N+](=O)[O-])c1. The zero-order valence-corrected chi connectivity index (χ0v) is 15.1. The van der Waals surface area contributed by atoms with Crippen LogP contribution in [-0.4, -0.2) is 23.4 Å². The molecule has 0 radical (unpaired) electrons. The summed E-state index contributed by atoms with van der Waals surface area (Å²) in [6.45, 7) is 3.22. The van der Waals surface area contributed by atoms with E-state index >= 15 is 0 Å². The molecular weight excluding hydrogens is 392 g/mol. The maximum Gasteiger partial charge on any atom is 0.338 e. The lowest BCUT2D eigenvalue weighted by atomic mass is 10.1. The average Bonchev–Trinajstić information content (AvgIpc) is 2.56. The standard InChI is InChI=1S/C17H15BrN2O5/c1-10-4-3-5-11(2)16(10)19-15(21)9-25-17(22)12-6-7-13(18)14(8-12)20(23)24/h3-8H,9H2,1-2H3,(H,19,21). The number of amides is 1. The smallest absolute Gasteiger partial charge is 0.338 e. The van der Waals surface area contributed by atoms with Crippen LogP contribution in [0.15, 0.2) is 40.9 Å². The molecule has 8 heteroatoms. The highest BCUT2D eigenvalue weighted by Crippen LogP contribution is 2.26. The number of hydrogen-bond donors (Lipinski definition) is 1. The molecule has 1 N–H and O–H groups in total. The van der Waals surface area contributed by atoms with E-state index in [0.717, 1.165) is 17.2 Å². The van der Waals surface area contributed by atoms with E-state index in [-0.39, 0.29) is 15.7 Å². The lowest BCUT2D eigenvalue weighted by Crippen LogP contribution is -2.21. The van der Waals surface area contributed by atoms with Crippen molar-refractivity contribution < 1.29 is 19.2 Å². The summed E-state index contributed by atoms with van der Waals surface area (Å²) in [5.41, 5.74) is 2.19. The number of benzene rings is 2. The molecule has 0 aliphatic rings. The number of rotatable bonds is 5. The minimum Gasteiger partial charge on any atom is -0.452 e. The first-order valence-electron chi connectivity index (χ1n) is 7.26. The minimum absolute atomic E-state index is 0.00484. The van der Waals surface area contributed by atoms with Crippen molar-refractivity contribution in [3.8, 4) is 0 Å². The molecule has 0 saturated carbocycles. The summed E-state index contributed by atoms with van der Waals surface area (Å²) in [5.74, 6) is -1.30. The zero-order chi connectivity index (χ0) is 18.6. The molecule has 2 rings (SSSR count). The van der Waals surface area contributed by atoms with Crippen LogP contribution in [0.2, 0.25) is 0 Å². The van der Waals surface area contributed by atoms with Crippen molar-refractivity contribution in [2.75, 3.05) is 11.9 Å². The van der Waals surface area contributed by atoms with E-state index in [9.17, 15) is 19.7 Å². The van der Waals surface area contributed by atoms with Crippen molar-refractivity contribution in [3.63, 3.8) is 0 Å². The fourth-order valence-corrected chi connectivity index (χ4v) is 2.57. The molecule has 2 aromatic rings. The second-order valence-corrected chi connectivity index (χ2v) is 6.17. The van der Waals surface area contributed by atoms with Gasteiger partial charge in [0, 0.05) is 11.8 Å². The summed E-state index contributed by atoms with van der Waals surface area (Å²) in [4.78, 5) is 34.2. The van der Waals surface area contributed by atoms with E-state index in [1.807, 2.05) is 32.0 Å². The number of carbonyl (C=O) groups is 2. The molecule has 0 bridgehead atoms. The van der Waals surface area contributed by atoms with E-state index in [4.69, 9.17) is 4.74 Å². The van der Waals surface area contributed by atoms with Crippen molar-refractivity contribution >= 4 is 39.2 Å². The highest BCUT2D eigenvalue weighted by Gasteiger charge is 2.18. The topological polar surface area (TPSA) is 98.5 Å². The number of nitro benzene ring substituents is 1. The van der Waals surface area contributed by atoms with Gasteiger partial charge in [-0.2, -0.15) is 0 Å². The van der Waals surface area contributed by atoms with Crippen LogP contribution in [0, 0.1) is 24.0 Å². The molecule has 0 spiro atoms. The van der Waals surface area contributed by atoms with Crippen LogP contribution in [0.5, 0.6) is 0 Å². The summed E-state index contributed by atoms with van der Waals surface area (Å²) in [5, 5.41) is 13.6. The lowest BCUT2D eigenvalue weighted by Gasteiger charge is -2.11. The van der Waals surface area contributed by atoms with Gasteiger partial charge in [0.2, 0.25) is 0 Å². The number of nitro groups is 1. The van der Waals surface area contributed by atoms with Crippen LogP contribution in [0.25, 0.3) is 0 Å². The summed E-state index contributed by atoms with van der Waals surface area (Å²) in [7, 11) is 0. The van der Waals surface area contributed by atoms with Gasteiger partial charge in [-0.1, -0.05) is 18.2 Å². The second-order valence-electron chi connectivity index (χ2n) is 5.31. The number of aryl methyl sites for hydroxylation is 2. The van der Waals surface area contributed by atoms with Crippen LogP contribution in [-0.2, 0) is 9.53 Å². The van der Waals surface area contributed by atoms with Crippen LogP contribution in [0.1, 0.15) is 21.5 Å². The monoisotopic (exact) mass is 406 g/mol. The fourth-order valence-electron chi connectivity index (χ4n) is 2.18. The molecule has 25 heavy (non-hydrogen) atoms. The second kappa shape index (κ2) is 7.89. The molecule has 7 nitrogen and oxygen atoms in total. The third kappa shape index (κ3) is 4.63. The van der Waals surface area contributed by atoms with E-state index < -0.39 is 23.4 Å². The van der Waals surface area contributed by atoms with Gasteiger partial charge in [-0.3, -0.25) is 14.9 Å². The van der Waals surface area contributed by atoms with Gasteiger partial charge in [0.05, 0.1) is 15.0 Å². The Morgan fingerprint density at radius 1 is 1.20 bits per heavy atom. The van der Waals surface area contributed by atoms with Crippen molar-refractivity contribution in [2.45, 2.75) is 13.8 Å². The maximum absolute atomic E-state index is 12.0. The van der Waals surface area contributed by atoms with Crippen LogP contribution >= 0.6 is 15.9 Å². The van der Waals surface area contributed by atoms with Gasteiger partial charge in [-0.25, -0.2) is 4.79 Å². The number of nitrogens with one attached hydrogen (secondary N) is 1. The van der Waals surface area contributed by atoms with Gasteiger partial charge in [-0.15, -0.1) is 0 Å². The molecule has 1 amide bonds. The Morgan fingerprint density at radius 2 is 1.84 bits per heavy atom. The zero-order valence-electron chi connectivity index (χ0n) is 13.5. The number of ether oxygens (including phenoxy) is 1. The minimum atomic E-state index is -0.813. The number of carbonyl (C=O) groups excluding carboxylic acids is 2. The van der Waals surface area contributed by atoms with E-state index in [0.29, 0.717) is 5.69 Å². The van der Waals surface area contributed by atoms with E-state index in [1.165, 1.54) is 12.1 Å². The highest BCUT2D eigenvalue weighted by atomic mass is 79.9.